The highest BCUT2D eigenvalue weighted by Crippen LogP contribution is 2.31. The van der Waals surface area contributed by atoms with Gasteiger partial charge in [-0.3, -0.25) is 4.79 Å². The maximum atomic E-state index is 11.1. The number of rotatable bonds is 2. The molecule has 4 N–H and O–H groups in total. The molecule has 1 aliphatic rings. The molecule has 80 valence electrons. The van der Waals surface area contributed by atoms with E-state index < -0.39 is 0 Å². The number of hydrogen-bond donors (Lipinski definition) is 2. The van der Waals surface area contributed by atoms with Crippen LogP contribution in [0.2, 0.25) is 0 Å². The summed E-state index contributed by atoms with van der Waals surface area (Å²) in [5.41, 5.74) is 12.7. The fourth-order valence-electron chi connectivity index (χ4n) is 1.73. The highest BCUT2D eigenvalue weighted by molar-refractivity contribution is 14.1. The number of anilines is 2. The standard InChI is InChI=1S/C10H12IN3O/c11-7-5-6(12)1-2-8(7)14-4-3-9(14)10(13)15/h1-2,5,9H,3-4,12H2,(H2,13,15). The zero-order valence-corrected chi connectivity index (χ0v) is 10.3. The summed E-state index contributed by atoms with van der Waals surface area (Å²) in [5, 5.41) is 0. The van der Waals surface area contributed by atoms with Crippen molar-refractivity contribution in [3.8, 4) is 0 Å². The van der Waals surface area contributed by atoms with Gasteiger partial charge < -0.3 is 16.4 Å². The van der Waals surface area contributed by atoms with Crippen molar-refractivity contribution >= 4 is 39.9 Å². The molecule has 1 saturated heterocycles. The number of primary amides is 1. The fourth-order valence-corrected chi connectivity index (χ4v) is 2.58. The lowest BCUT2D eigenvalue weighted by atomic mass is 10.0. The van der Waals surface area contributed by atoms with E-state index in [1.807, 2.05) is 23.1 Å². The van der Waals surface area contributed by atoms with Gasteiger partial charge in [0.2, 0.25) is 5.91 Å². The second-order valence-electron chi connectivity index (χ2n) is 3.61. The number of carbonyl (C=O) groups is 1. The Morgan fingerprint density at radius 2 is 2.27 bits per heavy atom. The molecular formula is C10H12IN3O. The van der Waals surface area contributed by atoms with Gasteiger partial charge in [-0.15, -0.1) is 0 Å². The molecule has 0 spiro atoms. The lowest BCUT2D eigenvalue weighted by molar-refractivity contribution is -0.120. The van der Waals surface area contributed by atoms with E-state index in [9.17, 15) is 4.79 Å². The Hall–Kier alpha value is -0.980. The van der Waals surface area contributed by atoms with Gasteiger partial charge in [0.25, 0.3) is 0 Å². The van der Waals surface area contributed by atoms with Crippen LogP contribution in [0.3, 0.4) is 0 Å². The predicted molar refractivity (Wildman–Crippen MR) is 68.5 cm³/mol. The Morgan fingerprint density at radius 3 is 2.73 bits per heavy atom. The summed E-state index contributed by atoms with van der Waals surface area (Å²) in [6.45, 7) is 0.882. The fraction of sp³-hybridized carbons (Fsp3) is 0.300. The highest BCUT2D eigenvalue weighted by atomic mass is 127. The van der Waals surface area contributed by atoms with Crippen LogP contribution in [0.15, 0.2) is 18.2 Å². The molecule has 1 atom stereocenters. The summed E-state index contributed by atoms with van der Waals surface area (Å²) < 4.78 is 1.05. The van der Waals surface area contributed by atoms with Gasteiger partial charge in [-0.05, 0) is 47.2 Å². The minimum absolute atomic E-state index is 0.151. The number of carbonyl (C=O) groups excluding carboxylic acids is 1. The minimum Gasteiger partial charge on any atom is -0.399 e. The van der Waals surface area contributed by atoms with Gasteiger partial charge in [-0.1, -0.05) is 0 Å². The van der Waals surface area contributed by atoms with Crippen molar-refractivity contribution in [2.75, 3.05) is 17.2 Å². The van der Waals surface area contributed by atoms with Gasteiger partial charge in [0.1, 0.15) is 6.04 Å². The molecule has 0 aromatic heterocycles. The second-order valence-corrected chi connectivity index (χ2v) is 4.77. The molecule has 1 aliphatic heterocycles. The molecule has 1 fully saturated rings. The number of nitrogens with zero attached hydrogens (tertiary/aromatic N) is 1. The molecule has 1 amide bonds. The average molecular weight is 317 g/mol. The van der Waals surface area contributed by atoms with Crippen LogP contribution in [0.5, 0.6) is 0 Å². The van der Waals surface area contributed by atoms with Gasteiger partial charge in [0, 0.05) is 15.8 Å². The van der Waals surface area contributed by atoms with Crippen molar-refractivity contribution in [2.45, 2.75) is 12.5 Å². The Balaban J connectivity index is 2.27. The summed E-state index contributed by atoms with van der Waals surface area (Å²) in [4.78, 5) is 13.1. The molecule has 1 unspecified atom stereocenters. The quantitative estimate of drug-likeness (QED) is 0.630. The first-order valence-corrected chi connectivity index (χ1v) is 5.78. The minimum atomic E-state index is -0.256. The Labute approximate surface area is 102 Å². The number of hydrogen-bond acceptors (Lipinski definition) is 3. The summed E-state index contributed by atoms with van der Waals surface area (Å²) in [6, 6.07) is 5.52. The van der Waals surface area contributed by atoms with Gasteiger partial charge in [-0.25, -0.2) is 0 Å². The lowest BCUT2D eigenvalue weighted by Crippen LogP contribution is -2.55. The van der Waals surface area contributed by atoms with Crippen molar-refractivity contribution in [1.82, 2.24) is 0 Å². The van der Waals surface area contributed by atoms with Crippen LogP contribution < -0.4 is 16.4 Å². The van der Waals surface area contributed by atoms with Gasteiger partial charge in [0.15, 0.2) is 0 Å². The number of amides is 1. The molecule has 15 heavy (non-hydrogen) atoms. The van der Waals surface area contributed by atoms with Crippen LogP contribution in [-0.2, 0) is 4.79 Å². The third kappa shape index (κ3) is 1.88. The second kappa shape index (κ2) is 3.88. The Bertz CT molecular complexity index is 408. The summed E-state index contributed by atoms with van der Waals surface area (Å²) in [7, 11) is 0. The zero-order chi connectivity index (χ0) is 11.0. The summed E-state index contributed by atoms with van der Waals surface area (Å²) in [5.74, 6) is -0.256. The van der Waals surface area contributed by atoms with E-state index in [-0.39, 0.29) is 11.9 Å². The first-order chi connectivity index (χ1) is 7.09. The van der Waals surface area contributed by atoms with Crippen LogP contribution in [0.4, 0.5) is 11.4 Å². The molecule has 1 heterocycles. The van der Waals surface area contributed by atoms with Crippen molar-refractivity contribution < 1.29 is 4.79 Å². The van der Waals surface area contributed by atoms with Crippen molar-refractivity contribution in [2.24, 2.45) is 5.73 Å². The maximum Gasteiger partial charge on any atom is 0.240 e. The number of halogens is 1. The summed E-state index contributed by atoms with van der Waals surface area (Å²) >= 11 is 2.22. The third-order valence-electron chi connectivity index (χ3n) is 2.63. The molecule has 0 aliphatic carbocycles. The number of nitrogens with two attached hydrogens (primary N) is 2. The predicted octanol–water partition coefficient (Wildman–Crippen LogP) is 0.937. The number of benzene rings is 1. The van der Waals surface area contributed by atoms with Crippen LogP contribution in [0, 0.1) is 3.57 Å². The summed E-state index contributed by atoms with van der Waals surface area (Å²) in [6.07, 6.45) is 0.843. The maximum absolute atomic E-state index is 11.1. The van der Waals surface area contributed by atoms with E-state index >= 15 is 0 Å². The molecule has 1 aromatic rings. The van der Waals surface area contributed by atoms with Gasteiger partial charge >= 0.3 is 0 Å². The van der Waals surface area contributed by atoms with Crippen LogP contribution >= 0.6 is 22.6 Å². The van der Waals surface area contributed by atoms with Gasteiger partial charge in [-0.2, -0.15) is 0 Å². The molecule has 0 bridgehead atoms. The van der Waals surface area contributed by atoms with Crippen LogP contribution in [-0.4, -0.2) is 18.5 Å². The highest BCUT2D eigenvalue weighted by Gasteiger charge is 2.33. The first kappa shape index (κ1) is 10.5. The molecule has 4 nitrogen and oxygen atoms in total. The van der Waals surface area contributed by atoms with Crippen LogP contribution in [0.1, 0.15) is 6.42 Å². The monoisotopic (exact) mass is 317 g/mol. The van der Waals surface area contributed by atoms with Crippen molar-refractivity contribution in [1.29, 1.82) is 0 Å². The normalized spacial score (nSPS) is 19.8. The van der Waals surface area contributed by atoms with E-state index in [0.29, 0.717) is 0 Å². The van der Waals surface area contributed by atoms with Crippen LogP contribution in [0.25, 0.3) is 0 Å². The molecule has 0 saturated carbocycles. The SMILES string of the molecule is NC(=O)C1CCN1c1ccc(N)cc1I. The third-order valence-corrected chi connectivity index (χ3v) is 3.49. The van der Waals surface area contributed by atoms with Crippen molar-refractivity contribution in [3.05, 3.63) is 21.8 Å². The van der Waals surface area contributed by atoms with E-state index in [4.69, 9.17) is 11.5 Å². The Kier molecular flexibility index (Phi) is 2.72. The zero-order valence-electron chi connectivity index (χ0n) is 8.11. The number of nitrogen functional groups attached to an aromatic ring is 1. The topological polar surface area (TPSA) is 72.4 Å². The van der Waals surface area contributed by atoms with E-state index in [0.717, 1.165) is 27.9 Å². The largest absolute Gasteiger partial charge is 0.399 e. The van der Waals surface area contributed by atoms with Crippen molar-refractivity contribution in [3.63, 3.8) is 0 Å². The van der Waals surface area contributed by atoms with E-state index in [1.165, 1.54) is 0 Å². The molecule has 1 aromatic carbocycles. The average Bonchev–Trinajstić information content (AvgIpc) is 2.06. The molecule has 2 rings (SSSR count). The van der Waals surface area contributed by atoms with E-state index in [2.05, 4.69) is 22.6 Å². The molecular weight excluding hydrogens is 305 g/mol. The molecule has 0 radical (unpaired) electrons. The smallest absolute Gasteiger partial charge is 0.240 e. The van der Waals surface area contributed by atoms with Gasteiger partial charge in [0.05, 0.1) is 5.69 Å². The van der Waals surface area contributed by atoms with E-state index in [1.54, 1.807) is 0 Å². The Morgan fingerprint density at radius 1 is 1.53 bits per heavy atom. The lowest BCUT2D eigenvalue weighted by Gasteiger charge is -2.41. The molecule has 5 heteroatoms. The first-order valence-electron chi connectivity index (χ1n) is 4.70.